The topological polar surface area (TPSA) is 37.5 Å². The van der Waals surface area contributed by atoms with E-state index in [2.05, 4.69) is 45.5 Å². The minimum atomic E-state index is 0.704. The number of aryl methyl sites for hydroxylation is 1. The maximum absolute atomic E-state index is 5.79. The van der Waals surface area contributed by atoms with E-state index in [9.17, 15) is 0 Å². The summed E-state index contributed by atoms with van der Waals surface area (Å²) in [5.74, 6) is 1.52. The molecule has 22 heavy (non-hydrogen) atoms. The van der Waals surface area contributed by atoms with E-state index in [-0.39, 0.29) is 0 Å². The molecule has 0 unspecified atom stereocenters. The number of hydrogen-bond donors (Lipinski definition) is 1. The van der Waals surface area contributed by atoms with Crippen LogP contribution in [0.15, 0.2) is 74.7 Å². The van der Waals surface area contributed by atoms with Gasteiger partial charge in [-0.1, -0.05) is 46.3 Å². The molecule has 0 amide bonds. The zero-order valence-electron chi connectivity index (χ0n) is 12.1. The fourth-order valence-electron chi connectivity index (χ4n) is 2.01. The van der Waals surface area contributed by atoms with Crippen molar-refractivity contribution >= 4 is 27.8 Å². The van der Waals surface area contributed by atoms with Crippen LogP contribution in [0.3, 0.4) is 0 Å². The molecule has 1 heterocycles. The summed E-state index contributed by atoms with van der Waals surface area (Å²) in [5.41, 5.74) is 6.13. The van der Waals surface area contributed by atoms with E-state index < -0.39 is 0 Å². The number of anilines is 1. The summed E-state index contributed by atoms with van der Waals surface area (Å²) < 4.78 is 6.86. The fraction of sp³-hybridized carbons (Fsp3) is 0.0556. The second-order valence-corrected chi connectivity index (χ2v) is 5.76. The molecule has 3 nitrogen and oxygen atoms in total. The van der Waals surface area contributed by atoms with Crippen LogP contribution < -0.4 is 5.43 Å². The molecule has 1 aromatic heterocycles. The Balaban J connectivity index is 1.72. The van der Waals surface area contributed by atoms with Crippen molar-refractivity contribution in [2.45, 2.75) is 6.92 Å². The number of benzene rings is 2. The van der Waals surface area contributed by atoms with Crippen molar-refractivity contribution < 1.29 is 4.42 Å². The van der Waals surface area contributed by atoms with Gasteiger partial charge in [-0.25, -0.2) is 0 Å². The van der Waals surface area contributed by atoms with Gasteiger partial charge >= 0.3 is 0 Å². The Labute approximate surface area is 137 Å². The Morgan fingerprint density at radius 1 is 1.05 bits per heavy atom. The van der Waals surface area contributed by atoms with Gasteiger partial charge in [0.25, 0.3) is 0 Å². The number of hydrogen-bond acceptors (Lipinski definition) is 3. The number of para-hydroxylation sites is 1. The third kappa shape index (κ3) is 3.46. The van der Waals surface area contributed by atoms with Crippen LogP contribution in [0.4, 0.5) is 5.69 Å². The van der Waals surface area contributed by atoms with Crippen molar-refractivity contribution in [3.63, 3.8) is 0 Å². The molecule has 3 aromatic rings. The first-order chi connectivity index (χ1) is 10.7. The van der Waals surface area contributed by atoms with Gasteiger partial charge in [0.05, 0.1) is 11.9 Å². The lowest BCUT2D eigenvalue weighted by Gasteiger charge is -2.01. The summed E-state index contributed by atoms with van der Waals surface area (Å²) in [7, 11) is 0. The van der Waals surface area contributed by atoms with Crippen molar-refractivity contribution in [1.82, 2.24) is 0 Å². The largest absolute Gasteiger partial charge is 0.455 e. The minimum absolute atomic E-state index is 0.704. The van der Waals surface area contributed by atoms with E-state index in [1.165, 1.54) is 5.56 Å². The monoisotopic (exact) mass is 354 g/mol. The van der Waals surface area contributed by atoms with Crippen molar-refractivity contribution in [1.29, 1.82) is 0 Å². The first-order valence-electron chi connectivity index (χ1n) is 6.93. The summed E-state index contributed by atoms with van der Waals surface area (Å²) in [6.45, 7) is 2.06. The van der Waals surface area contributed by atoms with E-state index in [1.807, 2.05) is 48.5 Å². The van der Waals surface area contributed by atoms with Crippen LogP contribution in [0.2, 0.25) is 0 Å². The summed E-state index contributed by atoms with van der Waals surface area (Å²) in [5, 5.41) is 4.17. The van der Waals surface area contributed by atoms with Gasteiger partial charge in [0.1, 0.15) is 11.5 Å². The summed E-state index contributed by atoms with van der Waals surface area (Å²) >= 11 is 3.54. The van der Waals surface area contributed by atoms with Gasteiger partial charge in [-0.05, 0) is 42.8 Å². The molecule has 0 spiro atoms. The molecule has 2 aromatic carbocycles. The molecule has 0 saturated carbocycles. The van der Waals surface area contributed by atoms with Crippen LogP contribution in [0.1, 0.15) is 11.3 Å². The molecule has 0 bridgehead atoms. The second kappa shape index (κ2) is 6.62. The van der Waals surface area contributed by atoms with Crippen molar-refractivity contribution in [3.8, 4) is 11.3 Å². The lowest BCUT2D eigenvalue weighted by molar-refractivity contribution is 0.575. The summed E-state index contributed by atoms with van der Waals surface area (Å²) in [6.07, 6.45) is 1.67. The lowest BCUT2D eigenvalue weighted by atomic mass is 10.1. The van der Waals surface area contributed by atoms with Gasteiger partial charge in [0, 0.05) is 10.0 Å². The van der Waals surface area contributed by atoms with Crippen LogP contribution in [-0.4, -0.2) is 6.21 Å². The van der Waals surface area contributed by atoms with E-state index in [4.69, 9.17) is 4.42 Å². The average Bonchev–Trinajstić information content (AvgIpc) is 3.00. The molecule has 4 heteroatoms. The quantitative estimate of drug-likeness (QED) is 0.498. The Kier molecular flexibility index (Phi) is 4.39. The Bertz CT molecular complexity index is 794. The highest BCUT2D eigenvalue weighted by molar-refractivity contribution is 9.10. The van der Waals surface area contributed by atoms with E-state index >= 15 is 0 Å². The number of nitrogens with one attached hydrogen (secondary N) is 1. The van der Waals surface area contributed by atoms with Gasteiger partial charge in [-0.15, -0.1) is 0 Å². The Morgan fingerprint density at radius 3 is 2.64 bits per heavy atom. The van der Waals surface area contributed by atoms with Gasteiger partial charge in [0.2, 0.25) is 0 Å². The Morgan fingerprint density at radius 2 is 1.86 bits per heavy atom. The summed E-state index contributed by atoms with van der Waals surface area (Å²) in [4.78, 5) is 0. The highest BCUT2D eigenvalue weighted by Gasteiger charge is 2.05. The highest BCUT2D eigenvalue weighted by atomic mass is 79.9. The second-order valence-electron chi connectivity index (χ2n) is 4.90. The van der Waals surface area contributed by atoms with Crippen LogP contribution in [0, 0.1) is 6.92 Å². The molecule has 0 saturated heterocycles. The van der Waals surface area contributed by atoms with E-state index in [0.29, 0.717) is 5.76 Å². The van der Waals surface area contributed by atoms with Gasteiger partial charge < -0.3 is 4.42 Å². The summed E-state index contributed by atoms with van der Waals surface area (Å²) in [6, 6.07) is 19.8. The zero-order chi connectivity index (χ0) is 15.4. The highest BCUT2D eigenvalue weighted by Crippen LogP contribution is 2.26. The number of halogens is 1. The predicted octanol–water partition coefficient (Wildman–Crippen LogP) is 5.46. The molecule has 0 aliphatic heterocycles. The number of rotatable bonds is 4. The molecule has 0 fully saturated rings. The maximum Gasteiger partial charge on any atom is 0.147 e. The molecule has 3 rings (SSSR count). The average molecular weight is 355 g/mol. The predicted molar refractivity (Wildman–Crippen MR) is 94.2 cm³/mol. The standard InChI is InChI=1S/C18H15BrN2O/c1-13-7-8-14(11-17(13)19)18-10-9-16(22-18)12-20-21-15-5-3-2-4-6-15/h2-12,21H,1H3/b20-12-. The molecule has 110 valence electrons. The SMILES string of the molecule is Cc1ccc(-c2ccc(/C=N\Nc3ccccc3)o2)cc1Br. The van der Waals surface area contributed by atoms with Gasteiger partial charge in [-0.2, -0.15) is 5.10 Å². The minimum Gasteiger partial charge on any atom is -0.455 e. The normalized spacial score (nSPS) is 11.0. The van der Waals surface area contributed by atoms with Crippen LogP contribution in [0.25, 0.3) is 11.3 Å². The molecule has 0 aliphatic carbocycles. The first kappa shape index (κ1) is 14.6. The van der Waals surface area contributed by atoms with Crippen molar-refractivity contribution in [2.75, 3.05) is 5.43 Å². The third-order valence-corrected chi connectivity index (χ3v) is 4.10. The zero-order valence-corrected chi connectivity index (χ0v) is 13.7. The van der Waals surface area contributed by atoms with Gasteiger partial charge in [0.15, 0.2) is 0 Å². The molecule has 0 aliphatic rings. The number of furan rings is 1. The van der Waals surface area contributed by atoms with Crippen LogP contribution in [-0.2, 0) is 0 Å². The molecule has 0 atom stereocenters. The van der Waals surface area contributed by atoms with Crippen LogP contribution >= 0.6 is 15.9 Å². The van der Waals surface area contributed by atoms with Gasteiger partial charge in [-0.3, -0.25) is 5.43 Å². The van der Waals surface area contributed by atoms with Crippen molar-refractivity contribution in [3.05, 3.63) is 76.5 Å². The third-order valence-electron chi connectivity index (χ3n) is 3.24. The van der Waals surface area contributed by atoms with E-state index in [0.717, 1.165) is 21.5 Å². The molecular formula is C18H15BrN2O. The van der Waals surface area contributed by atoms with Crippen LogP contribution in [0.5, 0.6) is 0 Å². The number of hydrazone groups is 1. The van der Waals surface area contributed by atoms with Crippen molar-refractivity contribution in [2.24, 2.45) is 5.10 Å². The Hall–Kier alpha value is -2.33. The smallest absolute Gasteiger partial charge is 0.147 e. The molecule has 0 radical (unpaired) electrons. The molecular weight excluding hydrogens is 340 g/mol. The van der Waals surface area contributed by atoms with E-state index in [1.54, 1.807) is 6.21 Å². The molecule has 1 N–H and O–H groups in total. The maximum atomic E-state index is 5.79. The fourth-order valence-corrected chi connectivity index (χ4v) is 2.39. The first-order valence-corrected chi connectivity index (χ1v) is 7.72. The lowest BCUT2D eigenvalue weighted by Crippen LogP contribution is -1.88. The number of nitrogens with zero attached hydrogens (tertiary/aromatic N) is 1.